The Morgan fingerprint density at radius 2 is 2.17 bits per heavy atom. The SMILES string of the molecule is CC(=O)Nc1ccn(C2CCN(C/C=C/c3ccccc3)C2)n1. The molecule has 5 nitrogen and oxygen atoms in total. The van der Waals surface area contributed by atoms with Crippen LogP contribution < -0.4 is 5.32 Å². The number of likely N-dealkylation sites (tertiary alicyclic amines) is 1. The van der Waals surface area contributed by atoms with Crippen LogP contribution in [0.4, 0.5) is 5.82 Å². The van der Waals surface area contributed by atoms with E-state index in [1.165, 1.54) is 12.5 Å². The van der Waals surface area contributed by atoms with Crippen LogP contribution in [0.25, 0.3) is 6.08 Å². The highest BCUT2D eigenvalue weighted by atomic mass is 16.1. The fourth-order valence-corrected chi connectivity index (χ4v) is 2.88. The molecule has 3 rings (SSSR count). The van der Waals surface area contributed by atoms with Gasteiger partial charge in [-0.1, -0.05) is 42.5 Å². The van der Waals surface area contributed by atoms with Crippen LogP contribution in [0.1, 0.15) is 24.9 Å². The number of nitrogens with zero attached hydrogens (tertiary/aromatic N) is 3. The van der Waals surface area contributed by atoms with E-state index in [0.717, 1.165) is 26.1 Å². The van der Waals surface area contributed by atoms with Crippen molar-refractivity contribution in [2.24, 2.45) is 0 Å². The minimum absolute atomic E-state index is 0.0886. The van der Waals surface area contributed by atoms with Gasteiger partial charge in [0.1, 0.15) is 0 Å². The number of anilines is 1. The molecule has 1 N–H and O–H groups in total. The van der Waals surface area contributed by atoms with Crippen molar-refractivity contribution in [1.29, 1.82) is 0 Å². The fraction of sp³-hybridized carbons (Fsp3) is 0.333. The molecule has 23 heavy (non-hydrogen) atoms. The van der Waals surface area contributed by atoms with E-state index in [0.29, 0.717) is 11.9 Å². The van der Waals surface area contributed by atoms with Crippen molar-refractivity contribution in [2.75, 3.05) is 25.0 Å². The number of hydrogen-bond donors (Lipinski definition) is 1. The molecule has 1 aliphatic heterocycles. The predicted molar refractivity (Wildman–Crippen MR) is 92.1 cm³/mol. The molecule has 1 saturated heterocycles. The van der Waals surface area contributed by atoms with Gasteiger partial charge < -0.3 is 5.32 Å². The lowest BCUT2D eigenvalue weighted by Gasteiger charge is -2.14. The normalized spacial score (nSPS) is 18.6. The number of nitrogens with one attached hydrogen (secondary N) is 1. The Balaban J connectivity index is 1.51. The van der Waals surface area contributed by atoms with Crippen LogP contribution in [-0.4, -0.2) is 40.2 Å². The maximum atomic E-state index is 11.1. The van der Waals surface area contributed by atoms with Gasteiger partial charge in [0.05, 0.1) is 6.04 Å². The lowest BCUT2D eigenvalue weighted by molar-refractivity contribution is -0.114. The second-order valence-electron chi connectivity index (χ2n) is 5.88. The molecule has 1 unspecified atom stereocenters. The second-order valence-corrected chi connectivity index (χ2v) is 5.88. The number of hydrogen-bond acceptors (Lipinski definition) is 3. The summed E-state index contributed by atoms with van der Waals surface area (Å²) in [6, 6.07) is 12.6. The molecule has 1 atom stereocenters. The fourth-order valence-electron chi connectivity index (χ4n) is 2.88. The molecule has 2 heterocycles. The summed E-state index contributed by atoms with van der Waals surface area (Å²) in [7, 11) is 0. The van der Waals surface area contributed by atoms with Crippen LogP contribution >= 0.6 is 0 Å². The number of rotatable bonds is 5. The van der Waals surface area contributed by atoms with Gasteiger partial charge in [0.2, 0.25) is 5.91 Å². The lowest BCUT2D eigenvalue weighted by Crippen LogP contribution is -2.22. The van der Waals surface area contributed by atoms with Crippen LogP contribution in [0.3, 0.4) is 0 Å². The van der Waals surface area contributed by atoms with E-state index in [1.807, 2.05) is 23.0 Å². The molecule has 0 aliphatic carbocycles. The van der Waals surface area contributed by atoms with Crippen LogP contribution in [0, 0.1) is 0 Å². The highest BCUT2D eigenvalue weighted by Crippen LogP contribution is 2.21. The minimum atomic E-state index is -0.0886. The molecular weight excluding hydrogens is 288 g/mol. The molecular formula is C18H22N4O. The van der Waals surface area contributed by atoms with Crippen molar-refractivity contribution >= 4 is 17.8 Å². The summed E-state index contributed by atoms with van der Waals surface area (Å²) < 4.78 is 1.96. The number of aromatic nitrogens is 2. The first kappa shape index (κ1) is 15.5. The van der Waals surface area contributed by atoms with Gasteiger partial charge in [0.25, 0.3) is 0 Å². The molecule has 0 radical (unpaired) electrons. The summed E-state index contributed by atoms with van der Waals surface area (Å²) in [5, 5.41) is 7.15. The molecule has 0 bridgehead atoms. The standard InChI is InChI=1S/C18H22N4O/c1-15(23)19-18-10-13-22(20-18)17-9-12-21(14-17)11-5-8-16-6-3-2-4-7-16/h2-8,10,13,17H,9,11-12,14H2,1H3,(H,19,20,23)/b8-5+. The zero-order chi connectivity index (χ0) is 16.1. The molecule has 1 amide bonds. The molecule has 1 aliphatic rings. The Morgan fingerprint density at radius 3 is 2.96 bits per heavy atom. The summed E-state index contributed by atoms with van der Waals surface area (Å²) in [5.41, 5.74) is 1.23. The molecule has 1 aromatic heterocycles. The molecule has 1 aromatic carbocycles. The van der Waals surface area contributed by atoms with Gasteiger partial charge >= 0.3 is 0 Å². The average Bonchev–Trinajstić information content (AvgIpc) is 3.17. The molecule has 1 fully saturated rings. The van der Waals surface area contributed by atoms with Crippen LogP contribution in [0.15, 0.2) is 48.7 Å². The Labute approximate surface area is 136 Å². The van der Waals surface area contributed by atoms with Crippen LogP contribution in [-0.2, 0) is 4.79 Å². The van der Waals surface area contributed by atoms with E-state index in [1.54, 1.807) is 0 Å². The van der Waals surface area contributed by atoms with Gasteiger partial charge in [-0.05, 0) is 12.0 Å². The highest BCUT2D eigenvalue weighted by molar-refractivity contribution is 5.87. The van der Waals surface area contributed by atoms with Gasteiger partial charge in [0, 0.05) is 38.8 Å². The van der Waals surface area contributed by atoms with Gasteiger partial charge in [-0.15, -0.1) is 0 Å². The quantitative estimate of drug-likeness (QED) is 0.924. The first-order valence-electron chi connectivity index (χ1n) is 7.97. The van der Waals surface area contributed by atoms with Crippen LogP contribution in [0.5, 0.6) is 0 Å². The number of carbonyl (C=O) groups is 1. The third-order valence-corrected chi connectivity index (χ3v) is 4.01. The monoisotopic (exact) mass is 310 g/mol. The summed E-state index contributed by atoms with van der Waals surface area (Å²) in [4.78, 5) is 13.5. The van der Waals surface area contributed by atoms with E-state index in [4.69, 9.17) is 0 Å². The predicted octanol–water partition coefficient (Wildman–Crippen LogP) is 2.80. The number of carbonyl (C=O) groups excluding carboxylic acids is 1. The van der Waals surface area contributed by atoms with Gasteiger partial charge in [0.15, 0.2) is 5.82 Å². The van der Waals surface area contributed by atoms with Crippen molar-refractivity contribution in [1.82, 2.24) is 14.7 Å². The first-order chi connectivity index (χ1) is 11.2. The van der Waals surface area contributed by atoms with Crippen molar-refractivity contribution in [3.05, 3.63) is 54.2 Å². The van der Waals surface area contributed by atoms with Gasteiger partial charge in [-0.3, -0.25) is 14.4 Å². The Bertz CT molecular complexity index is 677. The number of benzene rings is 1. The summed E-state index contributed by atoms with van der Waals surface area (Å²) in [6.07, 6.45) is 7.40. The maximum absolute atomic E-state index is 11.1. The van der Waals surface area contributed by atoms with E-state index in [2.05, 4.69) is 51.7 Å². The smallest absolute Gasteiger partial charge is 0.222 e. The van der Waals surface area contributed by atoms with E-state index in [9.17, 15) is 4.79 Å². The summed E-state index contributed by atoms with van der Waals surface area (Å²) >= 11 is 0. The van der Waals surface area contributed by atoms with E-state index >= 15 is 0 Å². The third-order valence-electron chi connectivity index (χ3n) is 4.01. The van der Waals surface area contributed by atoms with E-state index < -0.39 is 0 Å². The largest absolute Gasteiger partial charge is 0.309 e. The van der Waals surface area contributed by atoms with E-state index in [-0.39, 0.29) is 5.91 Å². The van der Waals surface area contributed by atoms with Crippen molar-refractivity contribution in [2.45, 2.75) is 19.4 Å². The Hall–Kier alpha value is -2.40. The molecule has 120 valence electrons. The highest BCUT2D eigenvalue weighted by Gasteiger charge is 2.23. The Kier molecular flexibility index (Phi) is 4.88. The average molecular weight is 310 g/mol. The van der Waals surface area contributed by atoms with Gasteiger partial charge in [-0.2, -0.15) is 5.10 Å². The lowest BCUT2D eigenvalue weighted by atomic mass is 10.2. The molecule has 0 spiro atoms. The minimum Gasteiger partial charge on any atom is -0.309 e. The first-order valence-corrected chi connectivity index (χ1v) is 7.97. The Morgan fingerprint density at radius 1 is 1.35 bits per heavy atom. The maximum Gasteiger partial charge on any atom is 0.222 e. The van der Waals surface area contributed by atoms with Crippen molar-refractivity contribution in [3.63, 3.8) is 0 Å². The second kappa shape index (κ2) is 7.24. The van der Waals surface area contributed by atoms with Crippen molar-refractivity contribution < 1.29 is 4.79 Å². The zero-order valence-corrected chi connectivity index (χ0v) is 13.4. The van der Waals surface area contributed by atoms with Crippen LogP contribution in [0.2, 0.25) is 0 Å². The topological polar surface area (TPSA) is 50.2 Å². The van der Waals surface area contributed by atoms with Gasteiger partial charge in [-0.25, -0.2) is 0 Å². The summed E-state index contributed by atoms with van der Waals surface area (Å²) in [5.74, 6) is 0.536. The zero-order valence-electron chi connectivity index (χ0n) is 13.4. The molecule has 2 aromatic rings. The third kappa shape index (κ3) is 4.29. The number of amides is 1. The summed E-state index contributed by atoms with van der Waals surface area (Å²) in [6.45, 7) is 4.50. The molecule has 5 heteroatoms. The molecule has 0 saturated carbocycles. The van der Waals surface area contributed by atoms with Crippen molar-refractivity contribution in [3.8, 4) is 0 Å².